The van der Waals surface area contributed by atoms with E-state index in [2.05, 4.69) is 0 Å². The summed E-state index contributed by atoms with van der Waals surface area (Å²) in [4.78, 5) is 13.4. The van der Waals surface area contributed by atoms with Crippen molar-refractivity contribution < 1.29 is 24.3 Å². The zero-order chi connectivity index (χ0) is 14.4. The molecule has 110 valence electrons. The molecule has 2 rings (SSSR count). The van der Waals surface area contributed by atoms with E-state index in [1.807, 2.05) is 0 Å². The van der Waals surface area contributed by atoms with Crippen molar-refractivity contribution in [3.8, 4) is 11.5 Å². The van der Waals surface area contributed by atoms with Gasteiger partial charge in [0.25, 0.3) is 0 Å². The summed E-state index contributed by atoms with van der Waals surface area (Å²) in [6.45, 7) is 3.63. The molecule has 1 heterocycles. The van der Waals surface area contributed by atoms with Crippen molar-refractivity contribution in [1.82, 2.24) is 0 Å². The predicted octanol–water partition coefficient (Wildman–Crippen LogP) is 0.626. The lowest BCUT2D eigenvalue weighted by molar-refractivity contribution is -0.905. The fourth-order valence-corrected chi connectivity index (χ4v) is 2.48. The van der Waals surface area contributed by atoms with Crippen LogP contribution < -0.4 is 9.64 Å². The number of esters is 1. The van der Waals surface area contributed by atoms with Crippen molar-refractivity contribution in [2.24, 2.45) is 0 Å². The Morgan fingerprint density at radius 3 is 2.75 bits per heavy atom. The average molecular weight is 280 g/mol. The smallest absolute Gasteiger partial charge is 0.338 e. The summed E-state index contributed by atoms with van der Waals surface area (Å²) in [6, 6.07) is 4.46. The van der Waals surface area contributed by atoms with Crippen LogP contribution in [0, 0.1) is 0 Å². The van der Waals surface area contributed by atoms with E-state index < -0.39 is 0 Å². The maximum atomic E-state index is 11.9. The Hall–Kier alpha value is -1.75. The van der Waals surface area contributed by atoms with Crippen molar-refractivity contribution in [2.75, 3.05) is 33.4 Å². The fraction of sp³-hybridized carbons (Fsp3) is 0.533. The van der Waals surface area contributed by atoms with Crippen molar-refractivity contribution >= 4 is 5.97 Å². The standard InChI is InChI=1S/C15H21NO4/c1-19-14-11-12(5-6-13(14)17)15(18)20-10-9-16-7-3-2-4-8-16/h5-6,11,17H,2-4,7-10H2,1H3/p+1. The number of nitrogens with one attached hydrogen (secondary N) is 1. The van der Waals surface area contributed by atoms with Crippen LogP contribution in [0.2, 0.25) is 0 Å². The zero-order valence-corrected chi connectivity index (χ0v) is 11.9. The number of ether oxygens (including phenoxy) is 2. The number of phenols is 1. The number of carbonyl (C=O) groups excluding carboxylic acids is 1. The number of rotatable bonds is 5. The third-order valence-electron chi connectivity index (χ3n) is 3.66. The molecule has 0 aliphatic carbocycles. The number of hydrogen-bond donors (Lipinski definition) is 2. The molecule has 0 spiro atoms. The highest BCUT2D eigenvalue weighted by molar-refractivity contribution is 5.90. The van der Waals surface area contributed by atoms with E-state index in [-0.39, 0.29) is 17.5 Å². The molecule has 0 aromatic heterocycles. The molecule has 0 saturated carbocycles. The summed E-state index contributed by atoms with van der Waals surface area (Å²) < 4.78 is 10.2. The molecule has 0 radical (unpaired) electrons. The summed E-state index contributed by atoms with van der Waals surface area (Å²) in [7, 11) is 1.45. The number of benzene rings is 1. The minimum absolute atomic E-state index is 0.0156. The Balaban J connectivity index is 1.82. The molecule has 1 aliphatic heterocycles. The van der Waals surface area contributed by atoms with Gasteiger partial charge in [0.15, 0.2) is 11.5 Å². The van der Waals surface area contributed by atoms with Gasteiger partial charge >= 0.3 is 5.97 Å². The second-order valence-corrected chi connectivity index (χ2v) is 5.08. The minimum Gasteiger partial charge on any atom is -0.504 e. The Morgan fingerprint density at radius 2 is 2.05 bits per heavy atom. The molecule has 5 nitrogen and oxygen atoms in total. The Bertz CT molecular complexity index is 455. The molecule has 1 saturated heterocycles. The molecule has 1 aromatic carbocycles. The lowest BCUT2D eigenvalue weighted by Crippen LogP contribution is -3.13. The maximum Gasteiger partial charge on any atom is 0.338 e. The summed E-state index contributed by atoms with van der Waals surface area (Å²) in [5.74, 6) is -0.0809. The second kappa shape index (κ2) is 7.14. The van der Waals surface area contributed by atoms with Crippen LogP contribution in [0.25, 0.3) is 0 Å². The van der Waals surface area contributed by atoms with Gasteiger partial charge in [0.2, 0.25) is 0 Å². The first-order valence-electron chi connectivity index (χ1n) is 7.08. The largest absolute Gasteiger partial charge is 0.504 e. The molecule has 0 bridgehead atoms. The van der Waals surface area contributed by atoms with Gasteiger partial charge in [-0.25, -0.2) is 4.79 Å². The summed E-state index contributed by atoms with van der Waals surface area (Å²) in [5, 5.41) is 9.48. The molecule has 1 aromatic rings. The van der Waals surface area contributed by atoms with Crippen LogP contribution in [0.5, 0.6) is 11.5 Å². The van der Waals surface area contributed by atoms with Gasteiger partial charge in [-0.2, -0.15) is 0 Å². The Morgan fingerprint density at radius 1 is 1.30 bits per heavy atom. The topological polar surface area (TPSA) is 60.2 Å². The number of piperidine rings is 1. The second-order valence-electron chi connectivity index (χ2n) is 5.08. The van der Waals surface area contributed by atoms with E-state index >= 15 is 0 Å². The molecular weight excluding hydrogens is 258 g/mol. The van der Waals surface area contributed by atoms with Crippen molar-refractivity contribution in [3.63, 3.8) is 0 Å². The van der Waals surface area contributed by atoms with E-state index in [0.717, 1.165) is 6.54 Å². The van der Waals surface area contributed by atoms with Gasteiger partial charge in [-0.15, -0.1) is 0 Å². The van der Waals surface area contributed by atoms with Crippen LogP contribution in [0.15, 0.2) is 18.2 Å². The third kappa shape index (κ3) is 3.87. The van der Waals surface area contributed by atoms with Gasteiger partial charge in [0, 0.05) is 0 Å². The predicted molar refractivity (Wildman–Crippen MR) is 74.4 cm³/mol. The van der Waals surface area contributed by atoms with E-state index in [1.165, 1.54) is 62.6 Å². The molecule has 5 heteroatoms. The zero-order valence-electron chi connectivity index (χ0n) is 11.9. The monoisotopic (exact) mass is 280 g/mol. The molecule has 0 amide bonds. The highest BCUT2D eigenvalue weighted by atomic mass is 16.5. The number of carbonyl (C=O) groups is 1. The van der Waals surface area contributed by atoms with Crippen molar-refractivity contribution in [3.05, 3.63) is 23.8 Å². The van der Waals surface area contributed by atoms with Gasteiger partial charge in [-0.05, 0) is 37.5 Å². The van der Waals surface area contributed by atoms with Crippen LogP contribution in [-0.2, 0) is 4.74 Å². The van der Waals surface area contributed by atoms with Gasteiger partial charge < -0.3 is 19.5 Å². The van der Waals surface area contributed by atoms with Crippen LogP contribution in [0.4, 0.5) is 0 Å². The molecule has 0 unspecified atom stereocenters. The first kappa shape index (κ1) is 14.7. The van der Waals surface area contributed by atoms with Crippen LogP contribution >= 0.6 is 0 Å². The number of hydrogen-bond acceptors (Lipinski definition) is 4. The lowest BCUT2D eigenvalue weighted by Gasteiger charge is -2.23. The Kier molecular flexibility index (Phi) is 5.24. The number of methoxy groups -OCH3 is 1. The van der Waals surface area contributed by atoms with E-state index in [4.69, 9.17) is 9.47 Å². The molecule has 1 fully saturated rings. The van der Waals surface area contributed by atoms with E-state index in [0.29, 0.717) is 12.2 Å². The summed E-state index contributed by atoms with van der Waals surface area (Å²) >= 11 is 0. The SMILES string of the molecule is COc1cc(C(=O)OCC[NH+]2CCCCC2)ccc1O. The van der Waals surface area contributed by atoms with Crippen LogP contribution in [0.3, 0.4) is 0 Å². The summed E-state index contributed by atoms with van der Waals surface area (Å²) in [5.41, 5.74) is 0.397. The van der Waals surface area contributed by atoms with Gasteiger partial charge in [0.05, 0.1) is 25.8 Å². The number of quaternary nitrogens is 1. The quantitative estimate of drug-likeness (QED) is 0.777. The van der Waals surface area contributed by atoms with Gasteiger partial charge in [-0.1, -0.05) is 0 Å². The van der Waals surface area contributed by atoms with Gasteiger partial charge in [-0.3, -0.25) is 0 Å². The third-order valence-corrected chi connectivity index (χ3v) is 3.66. The molecule has 2 N–H and O–H groups in total. The fourth-order valence-electron chi connectivity index (χ4n) is 2.48. The lowest BCUT2D eigenvalue weighted by atomic mass is 10.1. The normalized spacial score (nSPS) is 15.8. The molecular formula is C15H22NO4+. The van der Waals surface area contributed by atoms with Crippen molar-refractivity contribution in [2.45, 2.75) is 19.3 Å². The van der Waals surface area contributed by atoms with Crippen molar-refractivity contribution in [1.29, 1.82) is 0 Å². The maximum absolute atomic E-state index is 11.9. The van der Waals surface area contributed by atoms with E-state index in [1.54, 1.807) is 0 Å². The number of phenolic OH excluding ortho intramolecular Hbond substituents is 1. The summed E-state index contributed by atoms with van der Waals surface area (Å²) in [6.07, 6.45) is 3.84. The number of likely N-dealkylation sites (tertiary alicyclic amines) is 1. The molecule has 0 atom stereocenters. The highest BCUT2D eigenvalue weighted by Gasteiger charge is 2.15. The van der Waals surface area contributed by atoms with Gasteiger partial charge in [0.1, 0.15) is 13.2 Å². The molecule has 20 heavy (non-hydrogen) atoms. The number of aromatic hydroxyl groups is 1. The van der Waals surface area contributed by atoms with E-state index in [9.17, 15) is 9.90 Å². The Labute approximate surface area is 119 Å². The first-order valence-corrected chi connectivity index (χ1v) is 7.08. The highest BCUT2D eigenvalue weighted by Crippen LogP contribution is 2.26. The average Bonchev–Trinajstić information content (AvgIpc) is 2.48. The molecule has 1 aliphatic rings. The first-order chi connectivity index (χ1) is 9.70. The van der Waals surface area contributed by atoms with Crippen LogP contribution in [-0.4, -0.2) is 44.4 Å². The van der Waals surface area contributed by atoms with Crippen LogP contribution in [0.1, 0.15) is 29.6 Å². The minimum atomic E-state index is -0.375.